The zero-order valence-electron chi connectivity index (χ0n) is 9.93. The highest BCUT2D eigenvalue weighted by molar-refractivity contribution is 5.87. The average Bonchev–Trinajstić information content (AvgIpc) is 2.26. The molecule has 0 saturated heterocycles. The van der Waals surface area contributed by atoms with Gasteiger partial charge in [0, 0.05) is 19.7 Å². The van der Waals surface area contributed by atoms with E-state index in [1.807, 2.05) is 36.4 Å². The summed E-state index contributed by atoms with van der Waals surface area (Å²) in [5.41, 5.74) is 1.80. The first kappa shape index (κ1) is 12.5. The van der Waals surface area contributed by atoms with Crippen LogP contribution in [0.4, 0.5) is 0 Å². The minimum Gasteiger partial charge on any atom is -0.365 e. The molecule has 0 aliphatic heterocycles. The van der Waals surface area contributed by atoms with Gasteiger partial charge in [-0.3, -0.25) is 0 Å². The fourth-order valence-corrected chi connectivity index (χ4v) is 1.21. The fraction of sp³-hybridized carbons (Fsp3) is 0.308. The third kappa shape index (κ3) is 4.28. The van der Waals surface area contributed by atoms with E-state index < -0.39 is 0 Å². The summed E-state index contributed by atoms with van der Waals surface area (Å²) < 4.78 is 0. The topological polar surface area (TPSA) is 29.5 Å². The number of carbonyl (C=O) groups excluding carboxylic acids is 1. The monoisotopic (exact) mass is 219 g/mol. The molecule has 1 rings (SSSR count). The van der Waals surface area contributed by atoms with Gasteiger partial charge in [0.05, 0.1) is 0 Å². The summed E-state index contributed by atoms with van der Waals surface area (Å²) in [6, 6.07) is 10.00. The molecule has 0 aliphatic carbocycles. The molecular weight excluding hydrogens is 202 g/mol. The first-order chi connectivity index (χ1) is 7.59. The lowest BCUT2D eigenvalue weighted by molar-refractivity contribution is -0.172. The van der Waals surface area contributed by atoms with Crippen LogP contribution in [0.25, 0.3) is 0 Å². The summed E-state index contributed by atoms with van der Waals surface area (Å²) in [5.74, 6) is -0.305. The van der Waals surface area contributed by atoms with Crippen LogP contribution in [0.15, 0.2) is 42.0 Å². The minimum absolute atomic E-state index is 0.305. The lowest BCUT2D eigenvalue weighted by Crippen LogP contribution is -2.19. The highest BCUT2D eigenvalue weighted by Crippen LogP contribution is 2.04. The van der Waals surface area contributed by atoms with Gasteiger partial charge in [-0.2, -0.15) is 0 Å². The Morgan fingerprint density at radius 3 is 2.50 bits per heavy atom. The van der Waals surface area contributed by atoms with Gasteiger partial charge in [0.25, 0.3) is 0 Å². The summed E-state index contributed by atoms with van der Waals surface area (Å²) in [6.45, 7) is 1.76. The molecule has 1 aromatic carbocycles. The van der Waals surface area contributed by atoms with Crippen LogP contribution >= 0.6 is 0 Å². The van der Waals surface area contributed by atoms with Crippen LogP contribution in [0.2, 0.25) is 0 Å². The molecule has 0 aromatic heterocycles. The van der Waals surface area contributed by atoms with Gasteiger partial charge in [-0.1, -0.05) is 36.4 Å². The second kappa shape index (κ2) is 6.08. The zero-order chi connectivity index (χ0) is 12.0. The molecule has 0 spiro atoms. The van der Waals surface area contributed by atoms with Crippen molar-refractivity contribution in [3.8, 4) is 0 Å². The van der Waals surface area contributed by atoms with E-state index in [4.69, 9.17) is 4.84 Å². The highest BCUT2D eigenvalue weighted by atomic mass is 16.7. The number of hydroxylamine groups is 2. The molecule has 0 saturated carbocycles. The summed E-state index contributed by atoms with van der Waals surface area (Å²) in [4.78, 5) is 16.4. The van der Waals surface area contributed by atoms with Gasteiger partial charge in [0.15, 0.2) is 0 Å². The largest absolute Gasteiger partial charge is 0.365 e. The smallest absolute Gasteiger partial charge is 0.352 e. The van der Waals surface area contributed by atoms with Gasteiger partial charge in [0.1, 0.15) is 0 Å². The first-order valence-corrected chi connectivity index (χ1v) is 5.20. The Labute approximate surface area is 96.3 Å². The molecule has 0 unspecified atom stereocenters. The molecule has 1 aromatic rings. The number of hydrogen-bond donors (Lipinski definition) is 0. The molecule has 0 radical (unpaired) electrons. The van der Waals surface area contributed by atoms with Crippen molar-refractivity contribution in [1.82, 2.24) is 5.06 Å². The molecule has 0 heterocycles. The third-order valence-electron chi connectivity index (χ3n) is 2.07. The molecule has 0 amide bonds. The van der Waals surface area contributed by atoms with Crippen molar-refractivity contribution in [3.05, 3.63) is 47.5 Å². The Hall–Kier alpha value is -1.61. The Kier molecular flexibility index (Phi) is 4.73. The molecule has 3 nitrogen and oxygen atoms in total. The van der Waals surface area contributed by atoms with Crippen LogP contribution in [0, 0.1) is 0 Å². The Morgan fingerprint density at radius 1 is 1.31 bits per heavy atom. The number of nitrogens with zero attached hydrogens (tertiary/aromatic N) is 1. The minimum atomic E-state index is -0.305. The Balaban J connectivity index is 2.54. The quantitative estimate of drug-likeness (QED) is 0.574. The molecule has 3 heteroatoms. The average molecular weight is 219 g/mol. The van der Waals surface area contributed by atoms with E-state index >= 15 is 0 Å². The second-order valence-electron chi connectivity index (χ2n) is 3.77. The molecule has 0 atom stereocenters. The van der Waals surface area contributed by atoms with Crippen LogP contribution in [0.1, 0.15) is 12.5 Å². The highest BCUT2D eigenvalue weighted by Gasteiger charge is 2.06. The van der Waals surface area contributed by atoms with Gasteiger partial charge >= 0.3 is 5.97 Å². The molecule has 0 aliphatic rings. The van der Waals surface area contributed by atoms with Crippen LogP contribution in [-0.2, 0) is 16.1 Å². The van der Waals surface area contributed by atoms with E-state index in [-0.39, 0.29) is 5.97 Å². The molecular formula is C13H17NO2. The number of rotatable bonds is 4. The summed E-state index contributed by atoms with van der Waals surface area (Å²) >= 11 is 0. The van der Waals surface area contributed by atoms with Crippen molar-refractivity contribution < 1.29 is 9.63 Å². The lowest BCUT2D eigenvalue weighted by Gasteiger charge is -2.09. The van der Waals surface area contributed by atoms with Crippen molar-refractivity contribution in [2.45, 2.75) is 13.3 Å². The van der Waals surface area contributed by atoms with E-state index in [1.54, 1.807) is 21.0 Å². The lowest BCUT2D eigenvalue weighted by atomic mass is 10.1. The first-order valence-electron chi connectivity index (χ1n) is 5.20. The van der Waals surface area contributed by atoms with Gasteiger partial charge in [-0.15, -0.1) is 5.06 Å². The number of allylic oxidation sites excluding steroid dienone is 1. The predicted octanol–water partition coefficient (Wildman–Crippen LogP) is 2.20. The fourth-order valence-electron chi connectivity index (χ4n) is 1.21. The maximum absolute atomic E-state index is 11.4. The van der Waals surface area contributed by atoms with E-state index in [0.717, 1.165) is 6.42 Å². The predicted molar refractivity (Wildman–Crippen MR) is 63.7 cm³/mol. The van der Waals surface area contributed by atoms with E-state index in [1.165, 1.54) is 10.6 Å². The van der Waals surface area contributed by atoms with Crippen molar-refractivity contribution in [3.63, 3.8) is 0 Å². The van der Waals surface area contributed by atoms with Crippen molar-refractivity contribution >= 4 is 5.97 Å². The SMILES string of the molecule is CC(=CCc1ccccc1)C(=O)ON(C)C. The normalized spacial score (nSPS) is 11.6. The zero-order valence-corrected chi connectivity index (χ0v) is 9.93. The van der Waals surface area contributed by atoms with Crippen molar-refractivity contribution in [2.75, 3.05) is 14.1 Å². The van der Waals surface area contributed by atoms with Crippen LogP contribution < -0.4 is 0 Å². The maximum atomic E-state index is 11.4. The van der Waals surface area contributed by atoms with Crippen LogP contribution in [-0.4, -0.2) is 25.1 Å². The van der Waals surface area contributed by atoms with E-state index in [9.17, 15) is 4.79 Å². The number of carbonyl (C=O) groups is 1. The number of hydrogen-bond acceptors (Lipinski definition) is 3. The molecule has 0 fully saturated rings. The summed E-state index contributed by atoms with van der Waals surface area (Å²) in [5, 5.41) is 1.39. The summed E-state index contributed by atoms with van der Waals surface area (Å²) in [7, 11) is 3.37. The van der Waals surface area contributed by atoms with Gasteiger partial charge in [-0.25, -0.2) is 4.79 Å². The molecule has 86 valence electrons. The Bertz CT molecular complexity index is 369. The van der Waals surface area contributed by atoms with Crippen LogP contribution in [0.3, 0.4) is 0 Å². The van der Waals surface area contributed by atoms with Gasteiger partial charge < -0.3 is 4.84 Å². The molecule has 16 heavy (non-hydrogen) atoms. The van der Waals surface area contributed by atoms with Crippen molar-refractivity contribution in [2.24, 2.45) is 0 Å². The van der Waals surface area contributed by atoms with E-state index in [0.29, 0.717) is 5.57 Å². The number of benzene rings is 1. The summed E-state index contributed by atoms with van der Waals surface area (Å²) in [6.07, 6.45) is 2.62. The third-order valence-corrected chi connectivity index (χ3v) is 2.07. The van der Waals surface area contributed by atoms with E-state index in [2.05, 4.69) is 0 Å². The van der Waals surface area contributed by atoms with Crippen LogP contribution in [0.5, 0.6) is 0 Å². The van der Waals surface area contributed by atoms with Gasteiger partial charge in [0.2, 0.25) is 0 Å². The maximum Gasteiger partial charge on any atom is 0.352 e. The molecule has 0 bridgehead atoms. The van der Waals surface area contributed by atoms with Gasteiger partial charge in [-0.05, 0) is 18.9 Å². The Morgan fingerprint density at radius 2 is 1.94 bits per heavy atom. The molecule has 0 N–H and O–H groups in total. The second-order valence-corrected chi connectivity index (χ2v) is 3.77. The standard InChI is InChI=1S/C13H17NO2/c1-11(13(15)16-14(2)3)9-10-12-7-5-4-6-8-12/h4-9H,10H2,1-3H3. The van der Waals surface area contributed by atoms with Crippen molar-refractivity contribution in [1.29, 1.82) is 0 Å².